The van der Waals surface area contributed by atoms with Gasteiger partial charge in [0, 0.05) is 30.1 Å². The Kier molecular flexibility index (Phi) is 7.06. The SMILES string of the molecule is CCOc1ccc(CN2CCCC(C(=O)c3cccc(OC)c3)C2)cc1CO. The topological polar surface area (TPSA) is 59.0 Å². The molecule has 1 unspecified atom stereocenters. The van der Waals surface area contributed by atoms with Crippen LogP contribution in [0.5, 0.6) is 11.5 Å². The van der Waals surface area contributed by atoms with E-state index in [-0.39, 0.29) is 18.3 Å². The van der Waals surface area contributed by atoms with Crippen LogP contribution >= 0.6 is 0 Å². The molecular formula is C23H29NO4. The Bertz CT molecular complexity index is 805. The number of benzene rings is 2. The molecule has 0 radical (unpaired) electrons. The molecule has 1 fully saturated rings. The number of ether oxygens (including phenoxy) is 2. The molecule has 0 amide bonds. The number of hydrogen-bond acceptors (Lipinski definition) is 5. The number of carbonyl (C=O) groups is 1. The predicted octanol–water partition coefficient (Wildman–Crippen LogP) is 3.68. The molecule has 1 saturated heterocycles. The van der Waals surface area contributed by atoms with Crippen LogP contribution in [0.25, 0.3) is 0 Å². The molecule has 1 heterocycles. The van der Waals surface area contributed by atoms with E-state index in [1.807, 2.05) is 49.4 Å². The number of aliphatic hydroxyl groups is 1. The van der Waals surface area contributed by atoms with Gasteiger partial charge in [0.25, 0.3) is 0 Å². The van der Waals surface area contributed by atoms with Crippen LogP contribution in [-0.2, 0) is 13.2 Å². The van der Waals surface area contributed by atoms with Crippen LogP contribution in [0.4, 0.5) is 0 Å². The standard InChI is InChI=1S/C23H29NO4/c1-3-28-22-10-9-17(12-20(22)16-25)14-24-11-5-7-19(15-24)23(26)18-6-4-8-21(13-18)27-2/h4,6,8-10,12-13,19,25H,3,5,7,11,14-16H2,1-2H3. The van der Waals surface area contributed by atoms with Gasteiger partial charge in [0.2, 0.25) is 0 Å². The first-order valence-corrected chi connectivity index (χ1v) is 9.90. The summed E-state index contributed by atoms with van der Waals surface area (Å²) in [7, 11) is 1.61. The van der Waals surface area contributed by atoms with Crippen molar-refractivity contribution in [1.82, 2.24) is 4.90 Å². The minimum absolute atomic E-state index is 0.000802. The number of hydrogen-bond donors (Lipinski definition) is 1. The summed E-state index contributed by atoms with van der Waals surface area (Å²) in [4.78, 5) is 15.3. The minimum atomic E-state index is -0.0415. The first-order chi connectivity index (χ1) is 13.6. The molecule has 28 heavy (non-hydrogen) atoms. The number of Topliss-reactive ketones (excluding diaryl/α,β-unsaturated/α-hetero) is 1. The van der Waals surface area contributed by atoms with Crippen molar-refractivity contribution in [3.05, 3.63) is 59.2 Å². The fraction of sp³-hybridized carbons (Fsp3) is 0.435. The number of likely N-dealkylation sites (tertiary alicyclic amines) is 1. The van der Waals surface area contributed by atoms with E-state index < -0.39 is 0 Å². The van der Waals surface area contributed by atoms with Gasteiger partial charge in [-0.05, 0) is 56.1 Å². The summed E-state index contributed by atoms with van der Waals surface area (Å²) in [5.74, 6) is 1.63. The number of piperidine rings is 1. The lowest BCUT2D eigenvalue weighted by molar-refractivity contribution is 0.0811. The van der Waals surface area contributed by atoms with Gasteiger partial charge in [-0.2, -0.15) is 0 Å². The number of aliphatic hydroxyl groups excluding tert-OH is 1. The summed E-state index contributed by atoms with van der Waals surface area (Å²) in [6, 6.07) is 13.4. The molecule has 3 rings (SSSR count). The van der Waals surface area contributed by atoms with Crippen molar-refractivity contribution in [2.24, 2.45) is 5.92 Å². The van der Waals surface area contributed by atoms with Gasteiger partial charge in [-0.3, -0.25) is 9.69 Å². The molecule has 1 aliphatic rings. The summed E-state index contributed by atoms with van der Waals surface area (Å²) in [6.07, 6.45) is 1.92. The number of nitrogens with zero attached hydrogens (tertiary/aromatic N) is 1. The second kappa shape index (κ2) is 9.71. The number of carbonyl (C=O) groups excluding carboxylic acids is 1. The lowest BCUT2D eigenvalue weighted by atomic mass is 9.89. The van der Waals surface area contributed by atoms with Gasteiger partial charge in [0.05, 0.1) is 20.3 Å². The van der Waals surface area contributed by atoms with Gasteiger partial charge in [-0.25, -0.2) is 0 Å². The van der Waals surface area contributed by atoms with E-state index in [0.29, 0.717) is 12.4 Å². The highest BCUT2D eigenvalue weighted by atomic mass is 16.5. The highest BCUT2D eigenvalue weighted by Crippen LogP contribution is 2.26. The van der Waals surface area contributed by atoms with Crippen molar-refractivity contribution in [1.29, 1.82) is 0 Å². The van der Waals surface area contributed by atoms with Crippen molar-refractivity contribution in [2.45, 2.75) is 32.9 Å². The van der Waals surface area contributed by atoms with Crippen LogP contribution in [0.2, 0.25) is 0 Å². The first kappa shape index (κ1) is 20.4. The van der Waals surface area contributed by atoms with Crippen LogP contribution < -0.4 is 9.47 Å². The van der Waals surface area contributed by atoms with Crippen molar-refractivity contribution < 1.29 is 19.4 Å². The molecule has 0 bridgehead atoms. The Hall–Kier alpha value is -2.37. The third-order valence-corrected chi connectivity index (χ3v) is 5.23. The lowest BCUT2D eigenvalue weighted by Crippen LogP contribution is -2.38. The lowest BCUT2D eigenvalue weighted by Gasteiger charge is -2.32. The van der Waals surface area contributed by atoms with Crippen molar-refractivity contribution in [3.8, 4) is 11.5 Å². The summed E-state index contributed by atoms with van der Waals surface area (Å²) >= 11 is 0. The smallest absolute Gasteiger partial charge is 0.167 e. The molecule has 0 aromatic heterocycles. The second-order valence-corrected chi connectivity index (χ2v) is 7.20. The Morgan fingerprint density at radius 3 is 2.86 bits per heavy atom. The van der Waals surface area contributed by atoms with Crippen LogP contribution in [-0.4, -0.2) is 42.6 Å². The molecule has 5 nitrogen and oxygen atoms in total. The van der Waals surface area contributed by atoms with E-state index in [1.165, 1.54) is 0 Å². The average molecular weight is 383 g/mol. The van der Waals surface area contributed by atoms with Gasteiger partial charge in [0.15, 0.2) is 5.78 Å². The summed E-state index contributed by atoms with van der Waals surface area (Å²) < 4.78 is 10.8. The Morgan fingerprint density at radius 2 is 2.11 bits per heavy atom. The maximum Gasteiger partial charge on any atom is 0.167 e. The molecular weight excluding hydrogens is 354 g/mol. The Balaban J connectivity index is 1.67. The van der Waals surface area contributed by atoms with Gasteiger partial charge in [-0.1, -0.05) is 18.2 Å². The van der Waals surface area contributed by atoms with Crippen molar-refractivity contribution in [2.75, 3.05) is 26.8 Å². The van der Waals surface area contributed by atoms with E-state index in [0.717, 1.165) is 54.9 Å². The van der Waals surface area contributed by atoms with Gasteiger partial charge in [-0.15, -0.1) is 0 Å². The van der Waals surface area contributed by atoms with E-state index in [1.54, 1.807) is 7.11 Å². The van der Waals surface area contributed by atoms with E-state index in [9.17, 15) is 9.90 Å². The zero-order valence-corrected chi connectivity index (χ0v) is 16.7. The Labute approximate surface area is 166 Å². The number of ketones is 1. The van der Waals surface area contributed by atoms with E-state index in [2.05, 4.69) is 4.90 Å². The number of methoxy groups -OCH3 is 1. The van der Waals surface area contributed by atoms with Gasteiger partial charge in [0.1, 0.15) is 11.5 Å². The van der Waals surface area contributed by atoms with E-state index >= 15 is 0 Å². The van der Waals surface area contributed by atoms with Crippen molar-refractivity contribution in [3.63, 3.8) is 0 Å². The first-order valence-electron chi connectivity index (χ1n) is 9.90. The molecule has 0 spiro atoms. The van der Waals surface area contributed by atoms with Crippen LogP contribution in [0.15, 0.2) is 42.5 Å². The second-order valence-electron chi connectivity index (χ2n) is 7.20. The van der Waals surface area contributed by atoms with Gasteiger partial charge >= 0.3 is 0 Å². The molecule has 2 aromatic rings. The zero-order chi connectivity index (χ0) is 19.9. The predicted molar refractivity (Wildman–Crippen MR) is 109 cm³/mol. The van der Waals surface area contributed by atoms with Crippen molar-refractivity contribution >= 4 is 5.78 Å². The highest BCUT2D eigenvalue weighted by molar-refractivity contribution is 5.98. The third-order valence-electron chi connectivity index (χ3n) is 5.23. The molecule has 0 aliphatic carbocycles. The summed E-state index contributed by atoms with van der Waals surface area (Å²) in [5.41, 5.74) is 2.65. The molecule has 2 aromatic carbocycles. The number of rotatable bonds is 8. The highest BCUT2D eigenvalue weighted by Gasteiger charge is 2.27. The normalized spacial score (nSPS) is 17.3. The fourth-order valence-corrected chi connectivity index (χ4v) is 3.83. The molecule has 1 aliphatic heterocycles. The maximum atomic E-state index is 13.0. The molecule has 150 valence electrons. The zero-order valence-electron chi connectivity index (χ0n) is 16.7. The quantitative estimate of drug-likeness (QED) is 0.705. The van der Waals surface area contributed by atoms with Gasteiger partial charge < -0.3 is 14.6 Å². The Morgan fingerprint density at radius 1 is 1.25 bits per heavy atom. The third kappa shape index (κ3) is 4.91. The molecule has 1 atom stereocenters. The average Bonchev–Trinajstić information content (AvgIpc) is 2.74. The minimum Gasteiger partial charge on any atom is -0.497 e. The molecule has 5 heteroatoms. The fourth-order valence-electron chi connectivity index (χ4n) is 3.83. The monoisotopic (exact) mass is 383 g/mol. The maximum absolute atomic E-state index is 13.0. The van der Waals surface area contributed by atoms with Crippen LogP contribution in [0.3, 0.4) is 0 Å². The van der Waals surface area contributed by atoms with Crippen LogP contribution in [0, 0.1) is 5.92 Å². The molecule has 1 N–H and O–H groups in total. The molecule has 0 saturated carbocycles. The van der Waals surface area contributed by atoms with Crippen LogP contribution in [0.1, 0.15) is 41.3 Å². The largest absolute Gasteiger partial charge is 0.497 e. The summed E-state index contributed by atoms with van der Waals surface area (Å²) in [5, 5.41) is 9.61. The van der Waals surface area contributed by atoms with E-state index in [4.69, 9.17) is 9.47 Å². The summed E-state index contributed by atoms with van der Waals surface area (Å²) in [6.45, 7) is 4.96.